The van der Waals surface area contributed by atoms with Crippen LogP contribution in [0.4, 0.5) is 5.82 Å². The van der Waals surface area contributed by atoms with Crippen molar-refractivity contribution in [1.82, 2.24) is 20.4 Å². The minimum Gasteiger partial charge on any atom is -0.497 e. The Morgan fingerprint density at radius 1 is 1.18 bits per heavy atom. The smallest absolute Gasteiger partial charge is 0.230 e. The molecule has 1 saturated heterocycles. The third kappa shape index (κ3) is 4.69. The summed E-state index contributed by atoms with van der Waals surface area (Å²) in [5.41, 5.74) is 1.90. The van der Waals surface area contributed by atoms with Crippen LogP contribution in [-0.2, 0) is 11.3 Å². The Bertz CT molecular complexity index is 1090. The van der Waals surface area contributed by atoms with Crippen LogP contribution in [0.15, 0.2) is 47.1 Å². The van der Waals surface area contributed by atoms with E-state index < -0.39 is 0 Å². The molecule has 3 heterocycles. The lowest BCUT2D eigenvalue weighted by Gasteiger charge is -2.33. The van der Waals surface area contributed by atoms with Crippen molar-refractivity contribution >= 4 is 11.7 Å². The summed E-state index contributed by atoms with van der Waals surface area (Å²) < 4.78 is 10.7. The molecular weight excluding hydrogens is 418 g/mol. The van der Waals surface area contributed by atoms with Gasteiger partial charge in [-0.2, -0.15) is 4.98 Å². The van der Waals surface area contributed by atoms with Crippen LogP contribution in [0.5, 0.6) is 5.75 Å². The summed E-state index contributed by atoms with van der Waals surface area (Å²) in [6.45, 7) is 1.96. The second-order valence-electron chi connectivity index (χ2n) is 8.81. The van der Waals surface area contributed by atoms with Crippen LogP contribution in [-0.4, -0.2) is 41.2 Å². The predicted octanol–water partition coefficient (Wildman–Crippen LogP) is 3.94. The number of piperidine rings is 1. The topological polar surface area (TPSA) is 93.4 Å². The number of hydrogen-bond donors (Lipinski definition) is 1. The zero-order valence-corrected chi connectivity index (χ0v) is 18.9. The average Bonchev–Trinajstić information content (AvgIpc) is 3.31. The van der Waals surface area contributed by atoms with E-state index in [1.165, 1.54) is 6.42 Å². The standard InChI is InChI=1S/C25H29N5O3/c1-32-20-11-9-17(10-12-20)15-27-24(31)19-7-4-14-30(16-19)23-21(8-3-13-26-23)22-28-25(33-29-22)18-5-2-6-18/h3,8-13,18-19H,2,4-7,14-16H2,1H3,(H,27,31)/t19-/m1/s1. The summed E-state index contributed by atoms with van der Waals surface area (Å²) in [5, 5.41) is 7.32. The molecule has 1 N–H and O–H groups in total. The van der Waals surface area contributed by atoms with Gasteiger partial charge in [-0.25, -0.2) is 4.98 Å². The van der Waals surface area contributed by atoms with Crippen molar-refractivity contribution < 1.29 is 14.1 Å². The van der Waals surface area contributed by atoms with E-state index in [4.69, 9.17) is 9.26 Å². The first kappa shape index (κ1) is 21.4. The van der Waals surface area contributed by atoms with Gasteiger partial charge in [0.05, 0.1) is 18.6 Å². The fraction of sp³-hybridized carbons (Fsp3) is 0.440. The molecule has 2 aliphatic rings. The van der Waals surface area contributed by atoms with Gasteiger partial charge < -0.3 is 19.5 Å². The molecule has 0 unspecified atom stereocenters. The van der Waals surface area contributed by atoms with Gasteiger partial charge >= 0.3 is 0 Å². The lowest BCUT2D eigenvalue weighted by atomic mass is 9.85. The zero-order valence-electron chi connectivity index (χ0n) is 18.9. The molecule has 1 aliphatic heterocycles. The molecule has 2 aromatic heterocycles. The van der Waals surface area contributed by atoms with Gasteiger partial charge in [0.2, 0.25) is 17.6 Å². The van der Waals surface area contributed by atoms with Crippen molar-refractivity contribution in [2.45, 2.75) is 44.6 Å². The van der Waals surface area contributed by atoms with Crippen LogP contribution in [0.3, 0.4) is 0 Å². The molecule has 172 valence electrons. The van der Waals surface area contributed by atoms with Crippen LogP contribution >= 0.6 is 0 Å². The van der Waals surface area contributed by atoms with Crippen molar-refractivity contribution in [3.05, 3.63) is 54.0 Å². The van der Waals surface area contributed by atoms with Crippen molar-refractivity contribution in [2.75, 3.05) is 25.1 Å². The number of pyridine rings is 1. The molecule has 33 heavy (non-hydrogen) atoms. The normalized spacial score (nSPS) is 18.6. The molecule has 1 amide bonds. The summed E-state index contributed by atoms with van der Waals surface area (Å²) in [5.74, 6) is 3.28. The summed E-state index contributed by atoms with van der Waals surface area (Å²) in [4.78, 5) is 24.4. The fourth-order valence-corrected chi connectivity index (χ4v) is 4.45. The maximum atomic E-state index is 12.9. The number of ether oxygens (including phenoxy) is 1. The van der Waals surface area contributed by atoms with Crippen LogP contribution in [0, 0.1) is 5.92 Å². The van der Waals surface area contributed by atoms with E-state index in [1.54, 1.807) is 13.3 Å². The minimum atomic E-state index is -0.0948. The number of anilines is 1. The Labute approximate surface area is 193 Å². The number of methoxy groups -OCH3 is 1. The predicted molar refractivity (Wildman–Crippen MR) is 124 cm³/mol. The van der Waals surface area contributed by atoms with E-state index >= 15 is 0 Å². The molecule has 2 fully saturated rings. The number of hydrogen-bond acceptors (Lipinski definition) is 7. The maximum absolute atomic E-state index is 12.9. The highest BCUT2D eigenvalue weighted by atomic mass is 16.5. The molecule has 8 nitrogen and oxygen atoms in total. The number of carbonyl (C=O) groups excluding carboxylic acids is 1. The molecule has 0 spiro atoms. The SMILES string of the molecule is COc1ccc(CNC(=O)[C@@H]2CCCN(c3ncccc3-c3noc(C4CCC4)n3)C2)cc1. The van der Waals surface area contributed by atoms with E-state index in [0.717, 1.165) is 60.8 Å². The van der Waals surface area contributed by atoms with E-state index in [0.29, 0.717) is 24.8 Å². The largest absolute Gasteiger partial charge is 0.497 e. The molecule has 1 saturated carbocycles. The first-order valence-corrected chi connectivity index (χ1v) is 11.7. The number of amides is 1. The highest BCUT2D eigenvalue weighted by Crippen LogP contribution is 2.37. The van der Waals surface area contributed by atoms with Gasteiger partial charge in [-0.3, -0.25) is 4.79 Å². The van der Waals surface area contributed by atoms with Crippen molar-refractivity contribution in [1.29, 1.82) is 0 Å². The highest BCUT2D eigenvalue weighted by Gasteiger charge is 2.30. The van der Waals surface area contributed by atoms with Crippen molar-refractivity contribution in [3.8, 4) is 17.1 Å². The van der Waals surface area contributed by atoms with Crippen LogP contribution in [0.25, 0.3) is 11.4 Å². The minimum absolute atomic E-state index is 0.0693. The summed E-state index contributed by atoms with van der Waals surface area (Å²) in [6, 6.07) is 11.6. The Kier molecular flexibility index (Phi) is 6.24. The molecule has 0 bridgehead atoms. The number of carbonyl (C=O) groups is 1. The molecule has 3 aromatic rings. The number of rotatable bonds is 7. The number of nitrogens with zero attached hydrogens (tertiary/aromatic N) is 4. The quantitative estimate of drug-likeness (QED) is 0.586. The average molecular weight is 448 g/mol. The molecule has 0 radical (unpaired) electrons. The number of aromatic nitrogens is 3. The second-order valence-corrected chi connectivity index (χ2v) is 8.81. The Morgan fingerprint density at radius 3 is 2.79 bits per heavy atom. The van der Waals surface area contributed by atoms with Gasteiger partial charge in [0.25, 0.3) is 0 Å². The second kappa shape index (κ2) is 9.60. The molecule has 5 rings (SSSR count). The number of benzene rings is 1. The van der Waals surface area contributed by atoms with Gasteiger partial charge in [-0.1, -0.05) is 23.7 Å². The summed E-state index contributed by atoms with van der Waals surface area (Å²) >= 11 is 0. The van der Waals surface area contributed by atoms with E-state index in [1.807, 2.05) is 36.4 Å². The lowest BCUT2D eigenvalue weighted by molar-refractivity contribution is -0.125. The van der Waals surface area contributed by atoms with Gasteiger partial charge in [0.15, 0.2) is 0 Å². The summed E-state index contributed by atoms with van der Waals surface area (Å²) in [6.07, 6.45) is 7.01. The van der Waals surface area contributed by atoms with Gasteiger partial charge in [-0.05, 0) is 55.5 Å². The third-order valence-corrected chi connectivity index (χ3v) is 6.64. The molecule has 1 aliphatic carbocycles. The number of nitrogens with one attached hydrogen (secondary N) is 1. The van der Waals surface area contributed by atoms with Crippen molar-refractivity contribution in [2.24, 2.45) is 5.92 Å². The van der Waals surface area contributed by atoms with E-state index in [-0.39, 0.29) is 11.8 Å². The highest BCUT2D eigenvalue weighted by molar-refractivity contribution is 5.80. The fourth-order valence-electron chi connectivity index (χ4n) is 4.45. The van der Waals surface area contributed by atoms with Crippen LogP contribution in [0.1, 0.15) is 49.5 Å². The zero-order chi connectivity index (χ0) is 22.6. The Hall–Kier alpha value is -3.42. The lowest BCUT2D eigenvalue weighted by Crippen LogP contribution is -2.43. The summed E-state index contributed by atoms with van der Waals surface area (Å²) in [7, 11) is 1.64. The molecule has 8 heteroatoms. The van der Waals surface area contributed by atoms with Gasteiger partial charge in [-0.15, -0.1) is 0 Å². The van der Waals surface area contributed by atoms with Gasteiger partial charge in [0.1, 0.15) is 11.6 Å². The first-order valence-electron chi connectivity index (χ1n) is 11.7. The van der Waals surface area contributed by atoms with Crippen LogP contribution < -0.4 is 15.0 Å². The molecular formula is C25H29N5O3. The first-order chi connectivity index (χ1) is 16.2. The third-order valence-electron chi connectivity index (χ3n) is 6.64. The van der Waals surface area contributed by atoms with E-state index in [2.05, 4.69) is 25.3 Å². The molecule has 1 aromatic carbocycles. The molecule has 1 atom stereocenters. The Balaban J connectivity index is 1.26. The van der Waals surface area contributed by atoms with Crippen molar-refractivity contribution in [3.63, 3.8) is 0 Å². The maximum Gasteiger partial charge on any atom is 0.230 e. The van der Waals surface area contributed by atoms with Crippen LogP contribution in [0.2, 0.25) is 0 Å². The Morgan fingerprint density at radius 2 is 2.03 bits per heavy atom. The van der Waals surface area contributed by atoms with Gasteiger partial charge in [0, 0.05) is 31.7 Å². The monoisotopic (exact) mass is 447 g/mol. The van der Waals surface area contributed by atoms with E-state index in [9.17, 15) is 4.79 Å².